The first kappa shape index (κ1) is 17.5. The van der Waals surface area contributed by atoms with Crippen LogP contribution >= 0.6 is 0 Å². The fraction of sp³-hybridized carbons (Fsp3) is 0.130. The third kappa shape index (κ3) is 3.13. The van der Waals surface area contributed by atoms with Crippen molar-refractivity contribution in [2.24, 2.45) is 0 Å². The molecule has 144 valence electrons. The zero-order valence-electron chi connectivity index (χ0n) is 15.9. The number of H-pyrrole nitrogens is 1. The second-order valence-electron chi connectivity index (χ2n) is 6.77. The lowest BCUT2D eigenvalue weighted by molar-refractivity contribution is 0.186. The molecular formula is C23H19N3O3. The molecule has 0 saturated heterocycles. The molecule has 0 aliphatic heterocycles. The van der Waals surface area contributed by atoms with Crippen LogP contribution < -0.4 is 4.74 Å². The summed E-state index contributed by atoms with van der Waals surface area (Å²) in [6.45, 7) is 0.889. The number of hydrogen-bond acceptors (Lipinski definition) is 5. The summed E-state index contributed by atoms with van der Waals surface area (Å²) in [4.78, 5) is 8.06. The molecule has 0 unspecified atom stereocenters. The minimum Gasteiger partial charge on any atom is -0.488 e. The minimum absolute atomic E-state index is 0.395. The highest BCUT2D eigenvalue weighted by Gasteiger charge is 2.19. The molecule has 0 aliphatic rings. The molecule has 0 amide bonds. The molecule has 3 heterocycles. The molecular weight excluding hydrogens is 366 g/mol. The Kier molecular flexibility index (Phi) is 4.46. The second-order valence-corrected chi connectivity index (χ2v) is 6.77. The van der Waals surface area contributed by atoms with Gasteiger partial charge in [-0.25, -0.2) is 0 Å². The van der Waals surface area contributed by atoms with Gasteiger partial charge in [0.05, 0.1) is 29.5 Å². The number of aromatic nitrogens is 3. The molecule has 0 atom stereocenters. The van der Waals surface area contributed by atoms with E-state index in [1.54, 1.807) is 19.4 Å². The van der Waals surface area contributed by atoms with Gasteiger partial charge in [-0.2, -0.15) is 0 Å². The fourth-order valence-corrected chi connectivity index (χ4v) is 3.67. The summed E-state index contributed by atoms with van der Waals surface area (Å²) in [6, 6.07) is 17.9. The third-order valence-corrected chi connectivity index (χ3v) is 4.93. The summed E-state index contributed by atoms with van der Waals surface area (Å²) < 4.78 is 16.8. The summed E-state index contributed by atoms with van der Waals surface area (Å²) in [7, 11) is 1.67. The highest BCUT2D eigenvalue weighted by Crippen LogP contribution is 2.38. The van der Waals surface area contributed by atoms with Crippen LogP contribution in [0.15, 0.2) is 71.6 Å². The lowest BCUT2D eigenvalue weighted by atomic mass is 10.0. The molecule has 5 aromatic rings. The number of nitrogens with one attached hydrogen (secondary N) is 1. The number of hydrogen-bond donors (Lipinski definition) is 1. The number of pyridine rings is 1. The number of benzene rings is 2. The maximum absolute atomic E-state index is 6.22. The van der Waals surface area contributed by atoms with Gasteiger partial charge in [0.1, 0.15) is 24.3 Å². The molecule has 3 aromatic heterocycles. The van der Waals surface area contributed by atoms with Crippen LogP contribution in [0.1, 0.15) is 11.1 Å². The van der Waals surface area contributed by atoms with Crippen molar-refractivity contribution in [2.45, 2.75) is 13.2 Å². The maximum Gasteiger partial charge on any atom is 0.132 e. The zero-order valence-corrected chi connectivity index (χ0v) is 15.9. The average molecular weight is 385 g/mol. The molecule has 5 rings (SSSR count). The van der Waals surface area contributed by atoms with Gasteiger partial charge in [0.2, 0.25) is 0 Å². The van der Waals surface area contributed by atoms with Gasteiger partial charge < -0.3 is 19.0 Å². The van der Waals surface area contributed by atoms with Crippen molar-refractivity contribution < 1.29 is 14.0 Å². The molecule has 29 heavy (non-hydrogen) atoms. The van der Waals surface area contributed by atoms with Crippen LogP contribution in [0.25, 0.3) is 33.2 Å². The van der Waals surface area contributed by atoms with E-state index in [0.29, 0.717) is 18.9 Å². The maximum atomic E-state index is 6.22. The summed E-state index contributed by atoms with van der Waals surface area (Å²) in [6.07, 6.45) is 3.36. The van der Waals surface area contributed by atoms with Gasteiger partial charge in [-0.1, -0.05) is 41.6 Å². The molecule has 1 N–H and O–H groups in total. The van der Waals surface area contributed by atoms with Crippen LogP contribution in [-0.2, 0) is 18.0 Å². The number of nitrogens with zero attached hydrogens (tertiary/aromatic N) is 2. The van der Waals surface area contributed by atoms with Gasteiger partial charge >= 0.3 is 0 Å². The van der Waals surface area contributed by atoms with E-state index in [1.807, 2.05) is 42.6 Å². The Morgan fingerprint density at radius 1 is 0.931 bits per heavy atom. The smallest absolute Gasteiger partial charge is 0.132 e. The highest BCUT2D eigenvalue weighted by atomic mass is 16.5. The Bertz CT molecular complexity index is 1260. The first-order valence-corrected chi connectivity index (χ1v) is 9.34. The minimum atomic E-state index is 0.395. The van der Waals surface area contributed by atoms with Crippen molar-refractivity contribution in [1.29, 1.82) is 0 Å². The molecule has 0 bridgehead atoms. The van der Waals surface area contributed by atoms with Gasteiger partial charge in [-0.05, 0) is 17.7 Å². The van der Waals surface area contributed by atoms with Gasteiger partial charge in [-0.3, -0.25) is 4.98 Å². The van der Waals surface area contributed by atoms with Gasteiger partial charge in [0.25, 0.3) is 0 Å². The van der Waals surface area contributed by atoms with Crippen LogP contribution in [0.5, 0.6) is 5.75 Å². The SMILES string of the molecule is COCc1c(-c2ccon2)ncc2[nH]c3cccc(OCc4ccccc4)c3c12. The van der Waals surface area contributed by atoms with Crippen LogP contribution in [0.2, 0.25) is 0 Å². The number of aromatic amines is 1. The molecule has 0 aliphatic carbocycles. The van der Waals surface area contributed by atoms with E-state index in [0.717, 1.165) is 44.4 Å². The van der Waals surface area contributed by atoms with Gasteiger partial charge in [-0.15, -0.1) is 0 Å². The van der Waals surface area contributed by atoms with Crippen molar-refractivity contribution in [3.05, 3.63) is 78.2 Å². The Morgan fingerprint density at radius 3 is 2.62 bits per heavy atom. The second kappa shape index (κ2) is 7.41. The Hall–Kier alpha value is -3.64. The lowest BCUT2D eigenvalue weighted by Gasteiger charge is -2.11. The Labute approximate surface area is 167 Å². The summed E-state index contributed by atoms with van der Waals surface area (Å²) in [5.74, 6) is 0.812. The first-order chi connectivity index (χ1) is 14.3. The predicted octanol–water partition coefficient (Wildman–Crippen LogP) is 5.10. The number of methoxy groups -OCH3 is 1. The van der Waals surface area contributed by atoms with Crippen molar-refractivity contribution in [3.63, 3.8) is 0 Å². The third-order valence-electron chi connectivity index (χ3n) is 4.93. The largest absolute Gasteiger partial charge is 0.488 e. The predicted molar refractivity (Wildman–Crippen MR) is 111 cm³/mol. The fourth-order valence-electron chi connectivity index (χ4n) is 3.67. The first-order valence-electron chi connectivity index (χ1n) is 9.34. The van der Waals surface area contributed by atoms with Gasteiger partial charge in [0.15, 0.2) is 0 Å². The van der Waals surface area contributed by atoms with Crippen molar-refractivity contribution in [1.82, 2.24) is 15.1 Å². The molecule has 0 saturated carbocycles. The van der Waals surface area contributed by atoms with E-state index in [2.05, 4.69) is 27.3 Å². The molecule has 0 spiro atoms. The van der Waals surface area contributed by atoms with E-state index in [9.17, 15) is 0 Å². The molecule has 0 radical (unpaired) electrons. The van der Waals surface area contributed by atoms with Crippen LogP contribution in [0.4, 0.5) is 0 Å². The normalized spacial score (nSPS) is 11.3. The van der Waals surface area contributed by atoms with Crippen LogP contribution in [-0.4, -0.2) is 22.2 Å². The molecule has 2 aromatic carbocycles. The lowest BCUT2D eigenvalue weighted by Crippen LogP contribution is -1.98. The van der Waals surface area contributed by atoms with Crippen molar-refractivity contribution in [3.8, 4) is 17.1 Å². The van der Waals surface area contributed by atoms with Crippen molar-refractivity contribution in [2.75, 3.05) is 7.11 Å². The summed E-state index contributed by atoms with van der Waals surface area (Å²) in [5.41, 5.74) is 5.40. The highest BCUT2D eigenvalue weighted by molar-refractivity contribution is 6.12. The van der Waals surface area contributed by atoms with Crippen molar-refractivity contribution >= 4 is 21.8 Å². The monoisotopic (exact) mass is 385 g/mol. The zero-order chi connectivity index (χ0) is 19.6. The van der Waals surface area contributed by atoms with E-state index in [1.165, 1.54) is 0 Å². The summed E-state index contributed by atoms with van der Waals surface area (Å²) >= 11 is 0. The van der Waals surface area contributed by atoms with E-state index in [-0.39, 0.29) is 0 Å². The standard InChI is InChI=1S/C23H19N3O3/c1-27-14-16-21-19(12-24-23(16)18-10-11-29-26-18)25-17-8-5-9-20(22(17)21)28-13-15-6-3-2-4-7-15/h2-12,25H,13-14H2,1H3. The van der Waals surface area contributed by atoms with Crippen LogP contribution in [0.3, 0.4) is 0 Å². The Balaban J connectivity index is 1.70. The van der Waals surface area contributed by atoms with Gasteiger partial charge in [0, 0.05) is 29.5 Å². The Morgan fingerprint density at radius 2 is 1.83 bits per heavy atom. The quantitative estimate of drug-likeness (QED) is 0.440. The van der Waals surface area contributed by atoms with E-state index < -0.39 is 0 Å². The van der Waals surface area contributed by atoms with E-state index >= 15 is 0 Å². The topological polar surface area (TPSA) is 73.2 Å². The molecule has 0 fully saturated rings. The average Bonchev–Trinajstić information content (AvgIpc) is 3.41. The number of rotatable bonds is 6. The van der Waals surface area contributed by atoms with E-state index in [4.69, 9.17) is 14.0 Å². The molecule has 6 heteroatoms. The van der Waals surface area contributed by atoms with Crippen LogP contribution in [0, 0.1) is 0 Å². The molecule has 6 nitrogen and oxygen atoms in total. The number of fused-ring (bicyclic) bond motifs is 3. The number of ether oxygens (including phenoxy) is 2. The summed E-state index contributed by atoms with van der Waals surface area (Å²) in [5, 5.41) is 6.10.